The topological polar surface area (TPSA) is 65.7 Å². The van der Waals surface area contributed by atoms with Crippen LogP contribution >= 0.6 is 0 Å². The minimum absolute atomic E-state index is 0.235. The molecule has 0 saturated heterocycles. The minimum atomic E-state index is -0.386. The third kappa shape index (κ3) is 3.32. The van der Waals surface area contributed by atoms with Crippen LogP contribution in [0.25, 0.3) is 5.57 Å². The second kappa shape index (κ2) is 6.11. The van der Waals surface area contributed by atoms with E-state index < -0.39 is 0 Å². The Balaban J connectivity index is 2.09. The molecular formula is C18H24N2O2. The van der Waals surface area contributed by atoms with E-state index in [9.17, 15) is 9.59 Å². The normalized spacial score (nSPS) is 17.7. The van der Waals surface area contributed by atoms with Crippen molar-refractivity contribution in [1.82, 2.24) is 9.97 Å². The number of hydrogen-bond acceptors (Lipinski definition) is 2. The average Bonchev–Trinajstić information content (AvgIpc) is 3.35. The standard InChI is InChI=1S/C18H24N2O2/c1-3-4-5-14(10-11(2)12-6-7-12)15-16(13-8-9-13)19-18(22)20-17(15)21/h10,13H,3-9H2,1-2H3,(H2,19,20,21,22)/b14-10-. The molecule has 2 fully saturated rings. The van der Waals surface area contributed by atoms with Gasteiger partial charge in [-0.15, -0.1) is 0 Å². The van der Waals surface area contributed by atoms with Crippen LogP contribution in [0, 0.1) is 0 Å². The van der Waals surface area contributed by atoms with E-state index in [2.05, 4.69) is 29.9 Å². The summed E-state index contributed by atoms with van der Waals surface area (Å²) in [6.45, 7) is 4.29. The van der Waals surface area contributed by atoms with E-state index in [4.69, 9.17) is 0 Å². The van der Waals surface area contributed by atoms with Gasteiger partial charge in [0.2, 0.25) is 0 Å². The zero-order chi connectivity index (χ0) is 15.7. The van der Waals surface area contributed by atoms with E-state index in [1.165, 1.54) is 24.0 Å². The first-order valence-corrected chi connectivity index (χ1v) is 8.36. The largest absolute Gasteiger partial charge is 0.325 e. The second-order valence-electron chi connectivity index (χ2n) is 6.53. The molecule has 118 valence electrons. The van der Waals surface area contributed by atoms with Gasteiger partial charge in [0.05, 0.1) is 5.56 Å². The van der Waals surface area contributed by atoms with Gasteiger partial charge in [-0.05, 0) is 51.0 Å². The van der Waals surface area contributed by atoms with Gasteiger partial charge in [0.25, 0.3) is 5.56 Å². The average molecular weight is 300 g/mol. The Labute approximate surface area is 130 Å². The van der Waals surface area contributed by atoms with Gasteiger partial charge in [0.1, 0.15) is 0 Å². The Morgan fingerprint density at radius 2 is 1.95 bits per heavy atom. The summed E-state index contributed by atoms with van der Waals surface area (Å²) in [5.74, 6) is 0.351. The number of allylic oxidation sites excluding steroid dienone is 4. The summed E-state index contributed by atoms with van der Waals surface area (Å²) in [5.41, 5.74) is 4.81. The van der Waals surface area contributed by atoms with Crippen molar-refractivity contribution in [2.45, 2.75) is 64.7 Å². The lowest BCUT2D eigenvalue weighted by Crippen LogP contribution is -2.27. The SMILES string of the molecule is CCCC/C(=C/C(C)=C1CC1)c1c(C2CC2)[nH]c(=O)[nH]c1=O. The van der Waals surface area contributed by atoms with Crippen LogP contribution < -0.4 is 11.2 Å². The number of unbranched alkanes of at least 4 members (excludes halogenated alkanes) is 1. The van der Waals surface area contributed by atoms with Crippen molar-refractivity contribution in [2.75, 3.05) is 0 Å². The first kappa shape index (κ1) is 15.1. The predicted molar refractivity (Wildman–Crippen MR) is 89.1 cm³/mol. The van der Waals surface area contributed by atoms with Crippen molar-refractivity contribution in [2.24, 2.45) is 0 Å². The maximum atomic E-state index is 12.4. The van der Waals surface area contributed by atoms with Crippen molar-refractivity contribution < 1.29 is 0 Å². The van der Waals surface area contributed by atoms with Crippen LogP contribution in [0.5, 0.6) is 0 Å². The summed E-state index contributed by atoms with van der Waals surface area (Å²) in [7, 11) is 0. The summed E-state index contributed by atoms with van der Waals surface area (Å²) >= 11 is 0. The van der Waals surface area contributed by atoms with Crippen molar-refractivity contribution in [3.05, 3.63) is 49.3 Å². The molecule has 0 amide bonds. The maximum absolute atomic E-state index is 12.4. The number of H-pyrrole nitrogens is 2. The molecule has 0 atom stereocenters. The predicted octanol–water partition coefficient (Wildman–Crippen LogP) is 3.62. The minimum Gasteiger partial charge on any atom is -0.310 e. The van der Waals surface area contributed by atoms with Crippen LogP contribution in [-0.2, 0) is 0 Å². The number of aromatic nitrogens is 2. The third-order valence-corrected chi connectivity index (χ3v) is 4.53. The molecule has 2 aliphatic rings. The zero-order valence-corrected chi connectivity index (χ0v) is 13.4. The van der Waals surface area contributed by atoms with Gasteiger partial charge in [-0.1, -0.05) is 30.6 Å². The Morgan fingerprint density at radius 1 is 1.23 bits per heavy atom. The molecule has 0 radical (unpaired) electrons. The molecule has 2 saturated carbocycles. The zero-order valence-electron chi connectivity index (χ0n) is 13.4. The first-order chi connectivity index (χ1) is 10.6. The van der Waals surface area contributed by atoms with Gasteiger partial charge in [0.15, 0.2) is 0 Å². The molecule has 0 bridgehead atoms. The number of hydrogen-bond donors (Lipinski definition) is 2. The molecule has 0 aliphatic heterocycles. The van der Waals surface area contributed by atoms with Crippen molar-refractivity contribution in [3.63, 3.8) is 0 Å². The molecule has 22 heavy (non-hydrogen) atoms. The molecule has 0 aromatic carbocycles. The van der Waals surface area contributed by atoms with Gasteiger partial charge in [-0.25, -0.2) is 4.79 Å². The van der Waals surface area contributed by atoms with Crippen molar-refractivity contribution >= 4 is 5.57 Å². The molecule has 4 nitrogen and oxygen atoms in total. The summed E-state index contributed by atoms with van der Waals surface area (Å²) in [4.78, 5) is 29.4. The fraction of sp³-hybridized carbons (Fsp3) is 0.556. The van der Waals surface area contributed by atoms with Crippen molar-refractivity contribution in [3.8, 4) is 0 Å². The van der Waals surface area contributed by atoms with Crippen LogP contribution in [0.1, 0.15) is 76.0 Å². The monoisotopic (exact) mass is 300 g/mol. The number of aromatic amines is 2. The Hall–Kier alpha value is -1.84. The van der Waals surface area contributed by atoms with Crippen LogP contribution in [0.4, 0.5) is 0 Å². The van der Waals surface area contributed by atoms with E-state index in [1.54, 1.807) is 0 Å². The van der Waals surface area contributed by atoms with Crippen LogP contribution in [0.3, 0.4) is 0 Å². The molecule has 2 N–H and O–H groups in total. The molecule has 4 heteroatoms. The summed E-state index contributed by atoms with van der Waals surface area (Å²) in [6.07, 6.45) is 9.69. The number of nitrogens with one attached hydrogen (secondary N) is 2. The maximum Gasteiger partial charge on any atom is 0.325 e. The fourth-order valence-electron chi connectivity index (χ4n) is 2.96. The van der Waals surface area contributed by atoms with E-state index in [1.807, 2.05) is 0 Å². The second-order valence-corrected chi connectivity index (χ2v) is 6.53. The molecular weight excluding hydrogens is 276 g/mol. The highest BCUT2D eigenvalue weighted by Crippen LogP contribution is 2.42. The van der Waals surface area contributed by atoms with E-state index in [-0.39, 0.29) is 11.2 Å². The number of rotatable bonds is 6. The lowest BCUT2D eigenvalue weighted by atomic mass is 9.96. The fourth-order valence-corrected chi connectivity index (χ4v) is 2.96. The van der Waals surface area contributed by atoms with Gasteiger partial charge in [-0.2, -0.15) is 0 Å². The van der Waals surface area contributed by atoms with Crippen LogP contribution in [0.2, 0.25) is 0 Å². The highest BCUT2D eigenvalue weighted by Gasteiger charge is 2.29. The first-order valence-electron chi connectivity index (χ1n) is 8.36. The van der Waals surface area contributed by atoms with Gasteiger partial charge in [0, 0.05) is 11.6 Å². The Kier molecular flexibility index (Phi) is 4.19. The highest BCUT2D eigenvalue weighted by molar-refractivity contribution is 5.70. The van der Waals surface area contributed by atoms with E-state index >= 15 is 0 Å². The molecule has 2 aliphatic carbocycles. The molecule has 0 spiro atoms. The summed E-state index contributed by atoms with van der Waals surface area (Å²) in [5, 5.41) is 0. The molecule has 3 rings (SSSR count). The highest BCUT2D eigenvalue weighted by atomic mass is 16.2. The summed E-state index contributed by atoms with van der Waals surface area (Å²) < 4.78 is 0. The van der Waals surface area contributed by atoms with E-state index in [0.717, 1.165) is 48.9 Å². The Morgan fingerprint density at radius 3 is 2.55 bits per heavy atom. The van der Waals surface area contributed by atoms with Gasteiger partial charge in [-0.3, -0.25) is 9.78 Å². The molecule has 1 aromatic rings. The summed E-state index contributed by atoms with van der Waals surface area (Å²) in [6, 6.07) is 0. The van der Waals surface area contributed by atoms with Crippen LogP contribution in [-0.4, -0.2) is 9.97 Å². The molecule has 1 aromatic heterocycles. The molecule has 1 heterocycles. The lowest BCUT2D eigenvalue weighted by Gasteiger charge is -2.12. The Bertz CT molecular complexity index is 739. The van der Waals surface area contributed by atoms with Gasteiger partial charge < -0.3 is 4.98 Å². The lowest BCUT2D eigenvalue weighted by molar-refractivity contribution is 0.816. The smallest absolute Gasteiger partial charge is 0.310 e. The van der Waals surface area contributed by atoms with Gasteiger partial charge >= 0.3 is 5.69 Å². The molecule has 0 unspecified atom stereocenters. The van der Waals surface area contributed by atoms with Crippen LogP contribution in [0.15, 0.2) is 26.8 Å². The quantitative estimate of drug-likeness (QED) is 0.842. The third-order valence-electron chi connectivity index (χ3n) is 4.53. The van der Waals surface area contributed by atoms with Crippen molar-refractivity contribution in [1.29, 1.82) is 0 Å². The van der Waals surface area contributed by atoms with E-state index in [0.29, 0.717) is 5.92 Å².